The second-order valence-electron chi connectivity index (χ2n) is 5.54. The van der Waals surface area contributed by atoms with Gasteiger partial charge in [0.25, 0.3) is 0 Å². The molecule has 1 heterocycles. The molecule has 0 unspecified atom stereocenters. The minimum Gasteiger partial charge on any atom is -0.497 e. The highest BCUT2D eigenvalue weighted by atomic mass is 19.1. The molecular formula is C18H14FN3O5. The van der Waals surface area contributed by atoms with Gasteiger partial charge in [0.05, 0.1) is 18.5 Å². The van der Waals surface area contributed by atoms with Crippen LogP contribution in [0.5, 0.6) is 5.75 Å². The van der Waals surface area contributed by atoms with Crippen molar-refractivity contribution in [2.45, 2.75) is 0 Å². The first kappa shape index (κ1) is 18.1. The summed E-state index contributed by atoms with van der Waals surface area (Å²) in [6, 6.07) is 10.4. The molecule has 2 aromatic carbocycles. The van der Waals surface area contributed by atoms with Crippen molar-refractivity contribution >= 4 is 35.1 Å². The van der Waals surface area contributed by atoms with Crippen LogP contribution in [0.4, 0.5) is 20.6 Å². The molecule has 0 aromatic heterocycles. The largest absolute Gasteiger partial charge is 0.497 e. The number of anilines is 2. The van der Waals surface area contributed by atoms with Gasteiger partial charge in [0.1, 0.15) is 18.1 Å². The Morgan fingerprint density at radius 3 is 2.33 bits per heavy atom. The molecule has 27 heavy (non-hydrogen) atoms. The number of carbonyl (C=O) groups excluding carboxylic acids is 4. The van der Waals surface area contributed by atoms with Gasteiger partial charge in [-0.25, -0.2) is 19.0 Å². The van der Waals surface area contributed by atoms with Crippen molar-refractivity contribution in [2.24, 2.45) is 0 Å². The number of imide groups is 2. The molecule has 2 aromatic rings. The van der Waals surface area contributed by atoms with Gasteiger partial charge in [-0.3, -0.25) is 14.4 Å². The van der Waals surface area contributed by atoms with Crippen molar-refractivity contribution < 1.29 is 28.3 Å². The average Bonchev–Trinajstić information content (AvgIpc) is 2.87. The first-order valence-electron chi connectivity index (χ1n) is 7.80. The van der Waals surface area contributed by atoms with Crippen LogP contribution in [0.25, 0.3) is 0 Å². The molecule has 0 radical (unpaired) electrons. The molecule has 3 rings (SSSR count). The summed E-state index contributed by atoms with van der Waals surface area (Å²) in [5.74, 6) is -3.19. The SMILES string of the molecule is COc1ccc(N2C(=O)C(=O)N(CC(=O)Nc3ccccc3F)C2=O)cc1. The van der Waals surface area contributed by atoms with E-state index < -0.39 is 36.1 Å². The van der Waals surface area contributed by atoms with Crippen LogP contribution in [0.3, 0.4) is 0 Å². The molecule has 0 atom stereocenters. The highest BCUT2D eigenvalue weighted by Gasteiger charge is 2.46. The summed E-state index contributed by atoms with van der Waals surface area (Å²) in [5.41, 5.74) is 0.0658. The second-order valence-corrected chi connectivity index (χ2v) is 5.54. The summed E-state index contributed by atoms with van der Waals surface area (Å²) >= 11 is 0. The lowest BCUT2D eigenvalue weighted by atomic mass is 10.3. The van der Waals surface area contributed by atoms with Crippen molar-refractivity contribution in [3.8, 4) is 5.75 Å². The Morgan fingerprint density at radius 2 is 1.70 bits per heavy atom. The average molecular weight is 371 g/mol. The van der Waals surface area contributed by atoms with Crippen molar-refractivity contribution in [1.82, 2.24) is 4.90 Å². The van der Waals surface area contributed by atoms with Crippen molar-refractivity contribution in [3.05, 3.63) is 54.3 Å². The van der Waals surface area contributed by atoms with Crippen LogP contribution in [0.15, 0.2) is 48.5 Å². The first-order valence-corrected chi connectivity index (χ1v) is 7.80. The number of methoxy groups -OCH3 is 1. The highest BCUT2D eigenvalue weighted by molar-refractivity contribution is 6.53. The van der Waals surface area contributed by atoms with Gasteiger partial charge in [-0.1, -0.05) is 12.1 Å². The Kier molecular flexibility index (Phi) is 4.84. The van der Waals surface area contributed by atoms with Crippen LogP contribution < -0.4 is 15.0 Å². The number of benzene rings is 2. The number of ether oxygens (including phenoxy) is 1. The lowest BCUT2D eigenvalue weighted by Crippen LogP contribution is -2.39. The third kappa shape index (κ3) is 3.47. The molecule has 1 N–H and O–H groups in total. The maximum atomic E-state index is 13.6. The standard InChI is InChI=1S/C18H14FN3O5/c1-27-12-8-6-11(7-9-12)22-17(25)16(24)21(18(22)26)10-15(23)20-14-5-3-2-4-13(14)19/h2-9H,10H2,1H3,(H,20,23). The maximum absolute atomic E-state index is 13.6. The maximum Gasteiger partial charge on any atom is 0.339 e. The van der Waals surface area contributed by atoms with E-state index in [9.17, 15) is 23.6 Å². The molecule has 0 saturated carbocycles. The third-order valence-corrected chi connectivity index (χ3v) is 3.83. The van der Waals surface area contributed by atoms with Gasteiger partial charge in [0, 0.05) is 0 Å². The Bertz CT molecular complexity index is 929. The number of amides is 5. The van der Waals surface area contributed by atoms with Crippen LogP contribution in [-0.4, -0.2) is 42.3 Å². The van der Waals surface area contributed by atoms with E-state index in [1.807, 2.05) is 0 Å². The van der Waals surface area contributed by atoms with E-state index in [4.69, 9.17) is 4.74 Å². The van der Waals surface area contributed by atoms with Gasteiger partial charge < -0.3 is 10.1 Å². The minimum atomic E-state index is -1.14. The Morgan fingerprint density at radius 1 is 1.04 bits per heavy atom. The van der Waals surface area contributed by atoms with Gasteiger partial charge in [-0.05, 0) is 36.4 Å². The topological polar surface area (TPSA) is 96.0 Å². The van der Waals surface area contributed by atoms with Gasteiger partial charge in [0.2, 0.25) is 5.91 Å². The van der Waals surface area contributed by atoms with Gasteiger partial charge in [-0.15, -0.1) is 0 Å². The molecule has 0 bridgehead atoms. The zero-order valence-electron chi connectivity index (χ0n) is 14.1. The van der Waals surface area contributed by atoms with E-state index in [0.29, 0.717) is 15.5 Å². The fourth-order valence-electron chi connectivity index (χ4n) is 2.50. The molecule has 138 valence electrons. The molecule has 1 saturated heterocycles. The highest BCUT2D eigenvalue weighted by Crippen LogP contribution is 2.24. The molecule has 8 nitrogen and oxygen atoms in total. The van der Waals surface area contributed by atoms with Crippen LogP contribution in [-0.2, 0) is 14.4 Å². The summed E-state index contributed by atoms with van der Waals surface area (Å²) in [5, 5.41) is 2.26. The normalized spacial score (nSPS) is 13.9. The summed E-state index contributed by atoms with van der Waals surface area (Å²) in [6.45, 7) is -0.718. The molecule has 1 aliphatic rings. The third-order valence-electron chi connectivity index (χ3n) is 3.83. The number of hydrogen-bond donors (Lipinski definition) is 1. The van der Waals surface area contributed by atoms with E-state index in [1.165, 1.54) is 49.6 Å². The smallest absolute Gasteiger partial charge is 0.339 e. The Hall–Kier alpha value is -3.75. The van der Waals surface area contributed by atoms with Crippen molar-refractivity contribution in [1.29, 1.82) is 0 Å². The van der Waals surface area contributed by atoms with E-state index in [-0.39, 0.29) is 11.4 Å². The lowest BCUT2D eigenvalue weighted by Gasteiger charge is -2.15. The summed E-state index contributed by atoms with van der Waals surface area (Å²) in [4.78, 5) is 50.0. The van der Waals surface area contributed by atoms with E-state index in [0.717, 1.165) is 6.07 Å². The minimum absolute atomic E-state index is 0.0973. The Labute approximate surface area is 153 Å². The quantitative estimate of drug-likeness (QED) is 0.638. The summed E-state index contributed by atoms with van der Waals surface area (Å²) < 4.78 is 18.6. The molecule has 1 aliphatic heterocycles. The second kappa shape index (κ2) is 7.24. The van der Waals surface area contributed by atoms with Gasteiger partial charge in [0.15, 0.2) is 0 Å². The molecule has 9 heteroatoms. The number of halogens is 1. The van der Waals surface area contributed by atoms with Crippen LogP contribution in [0.2, 0.25) is 0 Å². The van der Waals surface area contributed by atoms with E-state index >= 15 is 0 Å². The fourth-order valence-corrected chi connectivity index (χ4v) is 2.50. The first-order chi connectivity index (χ1) is 12.9. The predicted molar refractivity (Wildman–Crippen MR) is 92.6 cm³/mol. The van der Waals surface area contributed by atoms with Crippen LogP contribution >= 0.6 is 0 Å². The molecule has 0 aliphatic carbocycles. The van der Waals surface area contributed by atoms with E-state index in [2.05, 4.69) is 5.32 Å². The monoisotopic (exact) mass is 371 g/mol. The lowest BCUT2D eigenvalue weighted by molar-refractivity contribution is -0.140. The van der Waals surface area contributed by atoms with Crippen molar-refractivity contribution in [2.75, 3.05) is 23.9 Å². The number of urea groups is 1. The van der Waals surface area contributed by atoms with Crippen LogP contribution in [0.1, 0.15) is 0 Å². The number of nitrogens with one attached hydrogen (secondary N) is 1. The molecular weight excluding hydrogens is 357 g/mol. The van der Waals surface area contributed by atoms with Crippen LogP contribution in [0, 0.1) is 5.82 Å². The number of rotatable bonds is 5. The van der Waals surface area contributed by atoms with Gasteiger partial charge >= 0.3 is 17.8 Å². The zero-order valence-corrected chi connectivity index (χ0v) is 14.1. The summed E-state index contributed by atoms with van der Waals surface area (Å²) in [7, 11) is 1.46. The number of hydrogen-bond acceptors (Lipinski definition) is 5. The Balaban J connectivity index is 1.75. The number of carbonyl (C=O) groups is 4. The number of para-hydroxylation sites is 1. The molecule has 0 spiro atoms. The zero-order chi connectivity index (χ0) is 19.6. The predicted octanol–water partition coefficient (Wildman–Crippen LogP) is 1.77. The molecule has 1 fully saturated rings. The van der Waals surface area contributed by atoms with E-state index in [1.54, 1.807) is 0 Å². The number of nitrogens with zero attached hydrogens (tertiary/aromatic N) is 2. The van der Waals surface area contributed by atoms with Gasteiger partial charge in [-0.2, -0.15) is 0 Å². The summed E-state index contributed by atoms with van der Waals surface area (Å²) in [6.07, 6.45) is 0. The molecule has 5 amide bonds. The fraction of sp³-hybridized carbons (Fsp3) is 0.111. The van der Waals surface area contributed by atoms with Crippen molar-refractivity contribution in [3.63, 3.8) is 0 Å².